The minimum absolute atomic E-state index is 0.0524. The molecule has 0 aliphatic carbocycles. The van der Waals surface area contributed by atoms with Crippen LogP contribution in [0, 0.1) is 47.0 Å². The lowest BCUT2D eigenvalue weighted by molar-refractivity contribution is 0.338. The Morgan fingerprint density at radius 3 is 2.06 bits per heavy atom. The summed E-state index contributed by atoms with van der Waals surface area (Å²) in [5, 5.41) is 1.46. The average Bonchev–Trinajstić information content (AvgIpc) is 2.78. The van der Waals surface area contributed by atoms with Gasteiger partial charge < -0.3 is 4.74 Å². The van der Waals surface area contributed by atoms with Crippen LogP contribution in [-0.2, 0) is 0 Å². The van der Waals surface area contributed by atoms with Crippen LogP contribution in [0.1, 0.15) is 29.2 Å². The lowest BCUT2D eigenvalue weighted by atomic mass is 10.1. The van der Waals surface area contributed by atoms with E-state index < -0.39 is 23.0 Å². The van der Waals surface area contributed by atoms with Gasteiger partial charge in [-0.2, -0.15) is 0 Å². The van der Waals surface area contributed by atoms with Gasteiger partial charge in [0.2, 0.25) is 0 Å². The maximum Gasteiger partial charge on any atom is 0.143 e. The molecule has 0 N–H and O–H groups in total. The smallest absolute Gasteiger partial charge is 0.143 e. The van der Waals surface area contributed by atoms with E-state index in [9.17, 15) is 17.6 Å². The molecule has 0 saturated carbocycles. The van der Waals surface area contributed by atoms with E-state index in [-0.39, 0.29) is 16.9 Å². The summed E-state index contributed by atoms with van der Waals surface area (Å²) in [5.41, 5.74) is 0.269. The number of ether oxygens (including phenoxy) is 1. The van der Waals surface area contributed by atoms with Crippen LogP contribution in [0.2, 0.25) is 0 Å². The largest absolute Gasteiger partial charge is 0.494 e. The van der Waals surface area contributed by atoms with Gasteiger partial charge in [0, 0.05) is 17.2 Å². The third-order valence-corrected chi connectivity index (χ3v) is 4.77. The number of hydrogen-bond acceptors (Lipinski definition) is 1. The number of halogens is 4. The summed E-state index contributed by atoms with van der Waals surface area (Å²) < 4.78 is 61.6. The molecule has 0 aromatic heterocycles. The van der Waals surface area contributed by atoms with Gasteiger partial charge in [0.25, 0.3) is 0 Å². The van der Waals surface area contributed by atoms with Crippen LogP contribution in [-0.4, -0.2) is 6.61 Å². The summed E-state index contributed by atoms with van der Waals surface area (Å²) in [6.07, 6.45) is 0. The van der Waals surface area contributed by atoms with E-state index in [1.54, 1.807) is 37.3 Å². The predicted octanol–water partition coefficient (Wildman–Crippen LogP) is 6.59. The second kappa shape index (κ2) is 9.51. The molecule has 5 heteroatoms. The van der Waals surface area contributed by atoms with Gasteiger partial charge >= 0.3 is 0 Å². The summed E-state index contributed by atoms with van der Waals surface area (Å²) in [4.78, 5) is 0. The standard InChI is InChI=1S/C28H16F4O/c1-2-33-24-11-9-20(26(30)17-24)6-4-19-14-27(31)25(28(32)15-19)12-5-18-3-7-22-16-23(29)10-8-21(22)13-18/h3,7-11,13-17H,2H2,1H3. The quantitative estimate of drug-likeness (QED) is 0.250. The zero-order chi connectivity index (χ0) is 23.4. The van der Waals surface area contributed by atoms with E-state index in [0.29, 0.717) is 23.3 Å². The van der Waals surface area contributed by atoms with Crippen molar-refractivity contribution < 1.29 is 22.3 Å². The Morgan fingerprint density at radius 1 is 0.636 bits per heavy atom. The molecule has 4 aromatic carbocycles. The second-order valence-corrected chi connectivity index (χ2v) is 7.10. The lowest BCUT2D eigenvalue weighted by Gasteiger charge is -2.03. The van der Waals surface area contributed by atoms with E-state index in [1.165, 1.54) is 24.3 Å². The molecule has 1 nitrogen and oxygen atoms in total. The molecule has 0 amide bonds. The maximum absolute atomic E-state index is 14.5. The average molecular weight is 444 g/mol. The fourth-order valence-corrected chi connectivity index (χ4v) is 3.19. The normalized spacial score (nSPS) is 10.2. The number of benzene rings is 4. The Hall–Kier alpha value is -4.22. The third kappa shape index (κ3) is 5.17. The molecule has 0 saturated heterocycles. The summed E-state index contributed by atoms with van der Waals surface area (Å²) >= 11 is 0. The number of hydrogen-bond donors (Lipinski definition) is 0. The van der Waals surface area contributed by atoms with Crippen LogP contribution in [0.3, 0.4) is 0 Å². The van der Waals surface area contributed by atoms with Gasteiger partial charge in [0.05, 0.1) is 17.7 Å². The van der Waals surface area contributed by atoms with Crippen molar-refractivity contribution in [2.75, 3.05) is 6.61 Å². The summed E-state index contributed by atoms with van der Waals surface area (Å²) in [5.74, 6) is 8.07. The van der Waals surface area contributed by atoms with Crippen molar-refractivity contribution in [3.63, 3.8) is 0 Å². The minimum Gasteiger partial charge on any atom is -0.494 e. The first-order valence-corrected chi connectivity index (χ1v) is 10.1. The highest BCUT2D eigenvalue weighted by molar-refractivity contribution is 5.84. The van der Waals surface area contributed by atoms with E-state index in [4.69, 9.17) is 4.74 Å². The Kier molecular flexibility index (Phi) is 6.33. The third-order valence-electron chi connectivity index (χ3n) is 4.77. The van der Waals surface area contributed by atoms with Gasteiger partial charge in [-0.3, -0.25) is 0 Å². The van der Waals surface area contributed by atoms with Crippen LogP contribution < -0.4 is 4.74 Å². The summed E-state index contributed by atoms with van der Waals surface area (Å²) in [7, 11) is 0. The first-order valence-electron chi connectivity index (χ1n) is 10.1. The topological polar surface area (TPSA) is 9.23 Å². The SMILES string of the molecule is CCOc1ccc(C#Cc2cc(F)c(C#Cc3ccc4cc(F)ccc4c3)c(F)c2)c(F)c1. The van der Waals surface area contributed by atoms with Crippen LogP contribution in [0.4, 0.5) is 17.6 Å². The first kappa shape index (κ1) is 22.0. The molecular formula is C28H16F4O. The Morgan fingerprint density at radius 2 is 1.33 bits per heavy atom. The van der Waals surface area contributed by atoms with Gasteiger partial charge in [-0.15, -0.1) is 0 Å². The Labute approximate surface area is 188 Å². The number of rotatable bonds is 2. The minimum atomic E-state index is -0.873. The zero-order valence-corrected chi connectivity index (χ0v) is 17.5. The van der Waals surface area contributed by atoms with E-state index >= 15 is 0 Å². The number of fused-ring (bicyclic) bond motifs is 1. The van der Waals surface area contributed by atoms with Crippen LogP contribution in [0.15, 0.2) is 66.7 Å². The second-order valence-electron chi connectivity index (χ2n) is 7.10. The Bertz CT molecular complexity index is 1460. The molecule has 4 rings (SSSR count). The van der Waals surface area contributed by atoms with E-state index in [2.05, 4.69) is 23.7 Å². The van der Waals surface area contributed by atoms with Gasteiger partial charge in [0.1, 0.15) is 29.0 Å². The molecule has 0 spiro atoms. The Balaban J connectivity index is 1.59. The van der Waals surface area contributed by atoms with Crippen molar-refractivity contribution in [1.82, 2.24) is 0 Å². The molecule has 0 radical (unpaired) electrons. The maximum atomic E-state index is 14.5. The predicted molar refractivity (Wildman–Crippen MR) is 120 cm³/mol. The monoisotopic (exact) mass is 444 g/mol. The molecule has 0 aliphatic rings. The van der Waals surface area contributed by atoms with Gasteiger partial charge in [-0.25, -0.2) is 17.6 Å². The molecular weight excluding hydrogens is 428 g/mol. The zero-order valence-electron chi connectivity index (χ0n) is 17.5. The highest BCUT2D eigenvalue weighted by Crippen LogP contribution is 2.19. The summed E-state index contributed by atoms with van der Waals surface area (Å²) in [6.45, 7) is 2.19. The highest BCUT2D eigenvalue weighted by atomic mass is 19.1. The molecule has 0 atom stereocenters. The lowest BCUT2D eigenvalue weighted by Crippen LogP contribution is -1.94. The molecule has 0 unspecified atom stereocenters. The van der Waals surface area contributed by atoms with Crippen molar-refractivity contribution in [3.8, 4) is 29.4 Å². The molecule has 0 aliphatic heterocycles. The van der Waals surface area contributed by atoms with E-state index in [0.717, 1.165) is 17.5 Å². The van der Waals surface area contributed by atoms with Gasteiger partial charge in [-0.1, -0.05) is 35.8 Å². The van der Waals surface area contributed by atoms with Crippen LogP contribution >= 0.6 is 0 Å². The highest BCUT2D eigenvalue weighted by Gasteiger charge is 2.09. The van der Waals surface area contributed by atoms with E-state index in [1.807, 2.05) is 0 Å². The van der Waals surface area contributed by atoms with Crippen LogP contribution in [0.5, 0.6) is 5.75 Å². The molecule has 0 heterocycles. The van der Waals surface area contributed by atoms with Crippen molar-refractivity contribution in [1.29, 1.82) is 0 Å². The van der Waals surface area contributed by atoms with Crippen molar-refractivity contribution in [2.24, 2.45) is 0 Å². The summed E-state index contributed by atoms with van der Waals surface area (Å²) in [6, 6.07) is 15.7. The first-order chi connectivity index (χ1) is 15.9. The fourth-order valence-electron chi connectivity index (χ4n) is 3.19. The van der Waals surface area contributed by atoms with Crippen molar-refractivity contribution in [3.05, 3.63) is 112 Å². The van der Waals surface area contributed by atoms with Crippen LogP contribution in [0.25, 0.3) is 10.8 Å². The molecule has 0 bridgehead atoms. The molecule has 33 heavy (non-hydrogen) atoms. The van der Waals surface area contributed by atoms with Crippen molar-refractivity contribution >= 4 is 10.8 Å². The van der Waals surface area contributed by atoms with Gasteiger partial charge in [0.15, 0.2) is 0 Å². The van der Waals surface area contributed by atoms with Crippen molar-refractivity contribution in [2.45, 2.75) is 6.92 Å². The molecule has 162 valence electrons. The van der Waals surface area contributed by atoms with Gasteiger partial charge in [-0.05, 0) is 66.2 Å². The fraction of sp³-hybridized carbons (Fsp3) is 0.0714. The molecule has 0 fully saturated rings. The molecule has 4 aromatic rings.